The molecule has 4 unspecified atom stereocenters. The monoisotopic (exact) mass is 338 g/mol. The third kappa shape index (κ3) is 4.83. The fourth-order valence-electron chi connectivity index (χ4n) is 4.25. The van der Waals surface area contributed by atoms with E-state index in [1.807, 2.05) is 0 Å². The summed E-state index contributed by atoms with van der Waals surface area (Å²) < 4.78 is 11.2. The van der Waals surface area contributed by atoms with E-state index in [1.54, 1.807) is 7.11 Å². The van der Waals surface area contributed by atoms with Crippen molar-refractivity contribution in [2.24, 2.45) is 10.9 Å². The van der Waals surface area contributed by atoms with E-state index in [1.165, 1.54) is 38.6 Å². The lowest BCUT2D eigenvalue weighted by atomic mass is 9.89. The van der Waals surface area contributed by atoms with Crippen LogP contribution >= 0.6 is 0 Å². The van der Waals surface area contributed by atoms with Crippen LogP contribution in [0.3, 0.4) is 0 Å². The SMILES string of the molecule is CCNC(=NCC1CC2CCC1O2)NC1CCCN(CCOC)C1. The Hall–Kier alpha value is -0.850. The molecular formula is C18H34N4O2. The van der Waals surface area contributed by atoms with E-state index in [9.17, 15) is 0 Å². The minimum absolute atomic E-state index is 0.459. The maximum Gasteiger partial charge on any atom is 0.191 e. The number of likely N-dealkylation sites (tertiary alicyclic amines) is 1. The Labute approximate surface area is 146 Å². The summed E-state index contributed by atoms with van der Waals surface area (Å²) in [5, 5.41) is 7.06. The highest BCUT2D eigenvalue weighted by atomic mass is 16.5. The third-order valence-electron chi connectivity index (χ3n) is 5.52. The van der Waals surface area contributed by atoms with Gasteiger partial charge in [-0.3, -0.25) is 9.89 Å². The first kappa shape index (κ1) is 18.0. The van der Waals surface area contributed by atoms with Gasteiger partial charge in [0, 0.05) is 45.2 Å². The first-order chi connectivity index (χ1) is 11.8. The van der Waals surface area contributed by atoms with Crippen LogP contribution in [0.1, 0.15) is 39.0 Å². The molecule has 3 rings (SSSR count). The highest BCUT2D eigenvalue weighted by Gasteiger charge is 2.40. The summed E-state index contributed by atoms with van der Waals surface area (Å²) in [4.78, 5) is 7.35. The molecule has 0 aromatic rings. The molecular weight excluding hydrogens is 304 g/mol. The van der Waals surface area contributed by atoms with Crippen LogP contribution in [0.25, 0.3) is 0 Å². The van der Waals surface area contributed by atoms with Crippen LogP contribution in [-0.2, 0) is 9.47 Å². The van der Waals surface area contributed by atoms with Crippen LogP contribution < -0.4 is 10.6 Å². The van der Waals surface area contributed by atoms with E-state index < -0.39 is 0 Å². The summed E-state index contributed by atoms with van der Waals surface area (Å²) in [5.41, 5.74) is 0. The van der Waals surface area contributed by atoms with Crippen molar-refractivity contribution >= 4 is 5.96 Å². The van der Waals surface area contributed by atoms with Crippen molar-refractivity contribution in [1.82, 2.24) is 15.5 Å². The maximum absolute atomic E-state index is 5.95. The van der Waals surface area contributed by atoms with Crippen molar-refractivity contribution in [2.75, 3.05) is 46.4 Å². The van der Waals surface area contributed by atoms with Crippen molar-refractivity contribution in [3.05, 3.63) is 0 Å². The molecule has 3 fully saturated rings. The lowest BCUT2D eigenvalue weighted by molar-refractivity contribution is 0.0937. The number of nitrogens with one attached hydrogen (secondary N) is 2. The number of piperidine rings is 1. The number of nitrogens with zero attached hydrogens (tertiary/aromatic N) is 2. The number of methoxy groups -OCH3 is 1. The molecule has 0 amide bonds. The van der Waals surface area contributed by atoms with Gasteiger partial charge in [0.15, 0.2) is 5.96 Å². The van der Waals surface area contributed by atoms with Gasteiger partial charge in [-0.15, -0.1) is 0 Å². The van der Waals surface area contributed by atoms with Crippen molar-refractivity contribution in [2.45, 2.75) is 57.3 Å². The van der Waals surface area contributed by atoms with Crippen LogP contribution in [0.15, 0.2) is 4.99 Å². The molecule has 0 aliphatic carbocycles. The zero-order valence-corrected chi connectivity index (χ0v) is 15.3. The fourth-order valence-corrected chi connectivity index (χ4v) is 4.25. The Kier molecular flexibility index (Phi) is 6.75. The minimum Gasteiger partial charge on any atom is -0.383 e. The Morgan fingerprint density at radius 1 is 1.33 bits per heavy atom. The Bertz CT molecular complexity index is 418. The largest absolute Gasteiger partial charge is 0.383 e. The molecule has 0 radical (unpaired) electrons. The number of fused-ring (bicyclic) bond motifs is 2. The topological polar surface area (TPSA) is 58.1 Å². The fraction of sp³-hybridized carbons (Fsp3) is 0.944. The second kappa shape index (κ2) is 9.02. The number of ether oxygens (including phenoxy) is 2. The quantitative estimate of drug-likeness (QED) is 0.540. The zero-order chi connectivity index (χ0) is 16.8. The van der Waals surface area contributed by atoms with E-state index in [-0.39, 0.29) is 0 Å². The van der Waals surface area contributed by atoms with E-state index in [0.717, 1.165) is 38.7 Å². The summed E-state index contributed by atoms with van der Waals surface area (Å²) in [5.74, 6) is 1.59. The maximum atomic E-state index is 5.95. The highest BCUT2D eigenvalue weighted by molar-refractivity contribution is 5.80. The molecule has 0 saturated carbocycles. The lowest BCUT2D eigenvalue weighted by Crippen LogP contribution is -2.51. The van der Waals surface area contributed by atoms with Crippen LogP contribution in [0.5, 0.6) is 0 Å². The minimum atomic E-state index is 0.459. The van der Waals surface area contributed by atoms with Gasteiger partial charge >= 0.3 is 0 Å². The number of guanidine groups is 1. The average Bonchev–Trinajstić information content (AvgIpc) is 3.21. The van der Waals surface area contributed by atoms with Crippen LogP contribution in [0.4, 0.5) is 0 Å². The second-order valence-electron chi connectivity index (χ2n) is 7.37. The van der Waals surface area contributed by atoms with Crippen LogP contribution in [0.2, 0.25) is 0 Å². The third-order valence-corrected chi connectivity index (χ3v) is 5.52. The van der Waals surface area contributed by atoms with Gasteiger partial charge in [0.1, 0.15) is 0 Å². The Morgan fingerprint density at radius 2 is 2.25 bits per heavy atom. The van der Waals surface area contributed by atoms with Gasteiger partial charge in [-0.25, -0.2) is 0 Å². The highest BCUT2D eigenvalue weighted by Crippen LogP contribution is 2.38. The molecule has 0 aromatic heterocycles. The van der Waals surface area contributed by atoms with Crippen LogP contribution in [-0.4, -0.2) is 75.5 Å². The van der Waals surface area contributed by atoms with Gasteiger partial charge in [-0.1, -0.05) is 0 Å². The molecule has 138 valence electrons. The number of hydrogen-bond donors (Lipinski definition) is 2. The van der Waals surface area contributed by atoms with Gasteiger partial charge in [-0.2, -0.15) is 0 Å². The average molecular weight is 338 g/mol. The second-order valence-corrected chi connectivity index (χ2v) is 7.37. The molecule has 3 aliphatic heterocycles. The Morgan fingerprint density at radius 3 is 2.96 bits per heavy atom. The van der Waals surface area contributed by atoms with Gasteiger partial charge < -0.3 is 20.1 Å². The summed E-state index contributed by atoms with van der Waals surface area (Å²) >= 11 is 0. The molecule has 0 aromatic carbocycles. The molecule has 24 heavy (non-hydrogen) atoms. The van der Waals surface area contributed by atoms with Gasteiger partial charge in [0.25, 0.3) is 0 Å². The molecule has 6 heteroatoms. The molecule has 2 bridgehead atoms. The van der Waals surface area contributed by atoms with E-state index in [2.05, 4.69) is 22.5 Å². The van der Waals surface area contributed by atoms with Crippen molar-refractivity contribution in [1.29, 1.82) is 0 Å². The molecule has 4 atom stereocenters. The summed E-state index contributed by atoms with van der Waals surface area (Å²) in [6, 6.07) is 0.477. The summed E-state index contributed by atoms with van der Waals surface area (Å²) in [6.07, 6.45) is 7.10. The smallest absolute Gasteiger partial charge is 0.191 e. The first-order valence-electron chi connectivity index (χ1n) is 9.70. The number of rotatable bonds is 7. The number of hydrogen-bond acceptors (Lipinski definition) is 4. The van der Waals surface area contributed by atoms with Crippen molar-refractivity contribution in [3.8, 4) is 0 Å². The molecule has 2 N–H and O–H groups in total. The summed E-state index contributed by atoms with van der Waals surface area (Å²) in [7, 11) is 1.77. The number of aliphatic imine (C=N–C) groups is 1. The first-order valence-corrected chi connectivity index (χ1v) is 9.70. The van der Waals surface area contributed by atoms with E-state index >= 15 is 0 Å². The summed E-state index contributed by atoms with van der Waals surface area (Å²) in [6.45, 7) is 8.00. The van der Waals surface area contributed by atoms with E-state index in [4.69, 9.17) is 14.5 Å². The van der Waals surface area contributed by atoms with Gasteiger partial charge in [0.2, 0.25) is 0 Å². The Balaban J connectivity index is 1.48. The molecule has 3 heterocycles. The van der Waals surface area contributed by atoms with Crippen LogP contribution in [0, 0.1) is 5.92 Å². The molecule has 3 aliphatic rings. The molecule has 0 spiro atoms. The zero-order valence-electron chi connectivity index (χ0n) is 15.3. The van der Waals surface area contributed by atoms with Gasteiger partial charge in [0.05, 0.1) is 18.8 Å². The van der Waals surface area contributed by atoms with Gasteiger partial charge in [-0.05, 0) is 45.6 Å². The predicted octanol–water partition coefficient (Wildman–Crippen LogP) is 1.22. The standard InChI is InChI=1S/C18H34N4O2/c1-3-19-18(20-12-14-11-16-6-7-17(14)24-16)21-15-5-4-8-22(13-15)9-10-23-2/h14-17H,3-13H2,1-2H3,(H2,19,20,21). The normalized spacial score (nSPS) is 33.8. The molecule has 6 nitrogen and oxygen atoms in total. The lowest BCUT2D eigenvalue weighted by Gasteiger charge is -2.33. The predicted molar refractivity (Wildman–Crippen MR) is 96.5 cm³/mol. The van der Waals surface area contributed by atoms with E-state index in [0.29, 0.717) is 24.2 Å². The van der Waals surface area contributed by atoms with Crippen molar-refractivity contribution in [3.63, 3.8) is 0 Å². The molecule has 3 saturated heterocycles. The van der Waals surface area contributed by atoms with Crippen molar-refractivity contribution < 1.29 is 9.47 Å².